The van der Waals surface area contributed by atoms with E-state index in [1.165, 1.54) is 41.3 Å². The summed E-state index contributed by atoms with van der Waals surface area (Å²) in [6.07, 6.45) is 10.5. The minimum absolute atomic E-state index is 0.680. The van der Waals surface area contributed by atoms with E-state index in [0.29, 0.717) is 5.92 Å². The van der Waals surface area contributed by atoms with Gasteiger partial charge in [0.15, 0.2) is 5.96 Å². The SMILES string of the molecule is CN=C(NCCCOCC1CCOCC1)NCCCc1nc2c(s1)CCCC2. The van der Waals surface area contributed by atoms with Gasteiger partial charge in [-0.15, -0.1) is 11.3 Å². The Morgan fingerprint density at radius 3 is 2.75 bits per heavy atom. The van der Waals surface area contributed by atoms with E-state index < -0.39 is 0 Å². The second-order valence-corrected chi connectivity index (χ2v) is 8.87. The maximum atomic E-state index is 5.81. The number of nitrogens with zero attached hydrogens (tertiary/aromatic N) is 2. The number of hydrogen-bond donors (Lipinski definition) is 2. The van der Waals surface area contributed by atoms with Crippen LogP contribution in [-0.2, 0) is 28.7 Å². The molecule has 1 aromatic rings. The summed E-state index contributed by atoms with van der Waals surface area (Å²) in [6, 6.07) is 0. The third-order valence-corrected chi connectivity index (χ3v) is 6.64. The van der Waals surface area contributed by atoms with Crippen molar-refractivity contribution in [1.29, 1.82) is 0 Å². The van der Waals surface area contributed by atoms with Crippen molar-refractivity contribution in [3.8, 4) is 0 Å². The number of hydrogen-bond acceptors (Lipinski definition) is 5. The summed E-state index contributed by atoms with van der Waals surface area (Å²) < 4.78 is 11.2. The topological polar surface area (TPSA) is 67.8 Å². The molecule has 0 saturated carbocycles. The molecule has 3 rings (SSSR count). The van der Waals surface area contributed by atoms with Gasteiger partial charge in [-0.1, -0.05) is 0 Å². The fourth-order valence-electron chi connectivity index (χ4n) is 3.72. The van der Waals surface area contributed by atoms with Crippen LogP contribution in [0, 0.1) is 5.92 Å². The Bertz CT molecular complexity index is 576. The summed E-state index contributed by atoms with van der Waals surface area (Å²) in [6.45, 7) is 5.26. The summed E-state index contributed by atoms with van der Waals surface area (Å²) in [5.41, 5.74) is 1.37. The first kappa shape index (κ1) is 21.5. The lowest BCUT2D eigenvalue weighted by atomic mass is 10.0. The maximum absolute atomic E-state index is 5.81. The first-order valence-corrected chi connectivity index (χ1v) is 11.7. The smallest absolute Gasteiger partial charge is 0.190 e. The summed E-state index contributed by atoms with van der Waals surface area (Å²) >= 11 is 1.93. The molecule has 0 aromatic carbocycles. The van der Waals surface area contributed by atoms with Gasteiger partial charge in [-0.05, 0) is 57.3 Å². The number of rotatable bonds is 10. The van der Waals surface area contributed by atoms with Crippen LogP contribution in [0.15, 0.2) is 4.99 Å². The molecule has 1 aromatic heterocycles. The van der Waals surface area contributed by atoms with Gasteiger partial charge in [0.1, 0.15) is 0 Å². The average Bonchev–Trinajstić information content (AvgIpc) is 3.15. The van der Waals surface area contributed by atoms with Crippen LogP contribution in [0.2, 0.25) is 0 Å². The van der Waals surface area contributed by atoms with Crippen molar-refractivity contribution >= 4 is 17.3 Å². The molecular weight excluding hydrogens is 372 g/mol. The van der Waals surface area contributed by atoms with Crippen molar-refractivity contribution in [2.45, 2.75) is 57.8 Å². The molecule has 1 saturated heterocycles. The number of nitrogens with one attached hydrogen (secondary N) is 2. The molecule has 0 spiro atoms. The summed E-state index contributed by atoms with van der Waals surface area (Å²) in [7, 11) is 1.83. The Kier molecular flexibility index (Phi) is 9.53. The standard InChI is InChI=1S/C21H36N4O2S/c1-22-21(24-12-5-13-27-16-17-9-14-26-15-10-17)23-11-4-8-20-25-18-6-2-3-7-19(18)28-20/h17H,2-16H2,1H3,(H2,22,23,24). The quantitative estimate of drug-likeness (QED) is 0.354. The van der Waals surface area contributed by atoms with Crippen LogP contribution in [0.5, 0.6) is 0 Å². The highest BCUT2D eigenvalue weighted by molar-refractivity contribution is 7.11. The van der Waals surface area contributed by atoms with Crippen LogP contribution in [0.1, 0.15) is 54.1 Å². The molecule has 158 valence electrons. The molecule has 0 amide bonds. The van der Waals surface area contributed by atoms with E-state index in [9.17, 15) is 0 Å². The minimum Gasteiger partial charge on any atom is -0.381 e. The molecule has 0 atom stereocenters. The van der Waals surface area contributed by atoms with Crippen LogP contribution in [0.3, 0.4) is 0 Å². The maximum Gasteiger partial charge on any atom is 0.190 e. The number of aromatic nitrogens is 1. The minimum atomic E-state index is 0.680. The number of guanidine groups is 1. The van der Waals surface area contributed by atoms with Gasteiger partial charge in [-0.25, -0.2) is 4.98 Å². The number of aryl methyl sites for hydroxylation is 3. The molecule has 6 nitrogen and oxygen atoms in total. The Balaban J connectivity index is 1.20. The fourth-order valence-corrected chi connectivity index (χ4v) is 4.92. The highest BCUT2D eigenvalue weighted by atomic mass is 32.1. The largest absolute Gasteiger partial charge is 0.381 e. The molecular formula is C21H36N4O2S. The molecule has 2 N–H and O–H groups in total. The normalized spacial score (nSPS) is 18.1. The average molecular weight is 409 g/mol. The summed E-state index contributed by atoms with van der Waals surface area (Å²) in [5.74, 6) is 1.56. The van der Waals surface area contributed by atoms with Crippen molar-refractivity contribution in [2.24, 2.45) is 10.9 Å². The summed E-state index contributed by atoms with van der Waals surface area (Å²) in [4.78, 5) is 10.7. The molecule has 1 aliphatic heterocycles. The van der Waals surface area contributed by atoms with Crippen molar-refractivity contribution in [3.63, 3.8) is 0 Å². The molecule has 1 aliphatic carbocycles. The number of ether oxygens (including phenoxy) is 2. The number of aliphatic imine (C=N–C) groups is 1. The first-order chi connectivity index (χ1) is 13.8. The van der Waals surface area contributed by atoms with Crippen molar-refractivity contribution < 1.29 is 9.47 Å². The second-order valence-electron chi connectivity index (χ2n) is 7.70. The third-order valence-electron chi connectivity index (χ3n) is 5.43. The van der Waals surface area contributed by atoms with Crippen LogP contribution in [-0.4, -0.2) is 57.5 Å². The van der Waals surface area contributed by atoms with E-state index in [1.54, 1.807) is 0 Å². The van der Waals surface area contributed by atoms with Gasteiger partial charge in [0, 0.05) is 57.9 Å². The highest BCUT2D eigenvalue weighted by Gasteiger charge is 2.15. The lowest BCUT2D eigenvalue weighted by Gasteiger charge is -2.21. The van der Waals surface area contributed by atoms with Gasteiger partial charge in [0.2, 0.25) is 0 Å². The predicted molar refractivity (Wildman–Crippen MR) is 115 cm³/mol. The molecule has 28 heavy (non-hydrogen) atoms. The molecule has 7 heteroatoms. The van der Waals surface area contributed by atoms with Crippen molar-refractivity contribution in [1.82, 2.24) is 15.6 Å². The van der Waals surface area contributed by atoms with E-state index in [2.05, 4.69) is 15.6 Å². The lowest BCUT2D eigenvalue weighted by molar-refractivity contribution is 0.0203. The van der Waals surface area contributed by atoms with E-state index in [4.69, 9.17) is 14.5 Å². The Morgan fingerprint density at radius 1 is 1.18 bits per heavy atom. The fraction of sp³-hybridized carbons (Fsp3) is 0.810. The molecule has 0 unspecified atom stereocenters. The van der Waals surface area contributed by atoms with Gasteiger partial charge in [0.05, 0.1) is 10.7 Å². The number of thiazole rings is 1. The van der Waals surface area contributed by atoms with Crippen LogP contribution in [0.4, 0.5) is 0 Å². The van der Waals surface area contributed by atoms with Crippen molar-refractivity contribution in [2.75, 3.05) is 46.6 Å². The zero-order chi connectivity index (χ0) is 19.4. The monoisotopic (exact) mass is 408 g/mol. The van der Waals surface area contributed by atoms with E-state index in [-0.39, 0.29) is 0 Å². The zero-order valence-corrected chi connectivity index (χ0v) is 18.1. The second kappa shape index (κ2) is 12.4. The van der Waals surface area contributed by atoms with Gasteiger partial charge in [0.25, 0.3) is 0 Å². The van der Waals surface area contributed by atoms with Crippen LogP contribution < -0.4 is 10.6 Å². The highest BCUT2D eigenvalue weighted by Crippen LogP contribution is 2.27. The first-order valence-electron chi connectivity index (χ1n) is 10.9. The van der Waals surface area contributed by atoms with Crippen molar-refractivity contribution in [3.05, 3.63) is 15.6 Å². The predicted octanol–water partition coefficient (Wildman–Crippen LogP) is 2.95. The molecule has 1 fully saturated rings. The lowest BCUT2D eigenvalue weighted by Crippen LogP contribution is -2.38. The van der Waals surface area contributed by atoms with Crippen LogP contribution in [0.25, 0.3) is 0 Å². The summed E-state index contributed by atoms with van der Waals surface area (Å²) in [5, 5.41) is 8.08. The molecule has 2 heterocycles. The number of fused-ring (bicyclic) bond motifs is 1. The molecule has 0 bridgehead atoms. The third kappa shape index (κ3) is 7.33. The van der Waals surface area contributed by atoms with Gasteiger partial charge >= 0.3 is 0 Å². The van der Waals surface area contributed by atoms with E-state index in [0.717, 1.165) is 77.6 Å². The molecule has 0 radical (unpaired) electrons. The van der Waals surface area contributed by atoms with Gasteiger partial charge < -0.3 is 20.1 Å². The van der Waals surface area contributed by atoms with Gasteiger partial charge in [-0.3, -0.25) is 4.99 Å². The van der Waals surface area contributed by atoms with Crippen LogP contribution >= 0.6 is 11.3 Å². The van der Waals surface area contributed by atoms with E-state index in [1.807, 2.05) is 18.4 Å². The van der Waals surface area contributed by atoms with E-state index >= 15 is 0 Å². The Hall–Kier alpha value is -1.18. The van der Waals surface area contributed by atoms with Gasteiger partial charge in [-0.2, -0.15) is 0 Å². The molecule has 2 aliphatic rings. The Morgan fingerprint density at radius 2 is 1.96 bits per heavy atom. The Labute approximate surface area is 173 Å². The zero-order valence-electron chi connectivity index (χ0n) is 17.3.